The lowest BCUT2D eigenvalue weighted by Crippen LogP contribution is -2.15. The second kappa shape index (κ2) is 4.32. The number of aromatic nitrogens is 3. The molecule has 1 aromatic carbocycles. The molecule has 0 bridgehead atoms. The highest BCUT2D eigenvalue weighted by Gasteiger charge is 2.11. The maximum Gasteiger partial charge on any atom is 0.218 e. The van der Waals surface area contributed by atoms with E-state index in [9.17, 15) is 0 Å². The van der Waals surface area contributed by atoms with E-state index in [1.807, 2.05) is 18.2 Å². The van der Waals surface area contributed by atoms with Crippen LogP contribution in [0.15, 0.2) is 24.5 Å². The van der Waals surface area contributed by atoms with Crippen molar-refractivity contribution >= 4 is 5.95 Å². The van der Waals surface area contributed by atoms with Crippen molar-refractivity contribution in [3.05, 3.63) is 30.1 Å². The predicted molar refractivity (Wildman–Crippen MR) is 61.1 cm³/mol. The number of fused-ring (bicyclic) bond motifs is 1. The first-order valence-corrected chi connectivity index (χ1v) is 5.39. The fraction of sp³-hybridized carbons (Fsp3) is 0.273. The van der Waals surface area contributed by atoms with Gasteiger partial charge in [0.05, 0.1) is 0 Å². The molecular formula is C11H12N4O2. The Balaban J connectivity index is 1.71. The van der Waals surface area contributed by atoms with E-state index >= 15 is 0 Å². The Kier molecular flexibility index (Phi) is 2.53. The van der Waals surface area contributed by atoms with E-state index in [1.54, 1.807) is 0 Å². The first-order valence-electron chi connectivity index (χ1n) is 5.39. The van der Waals surface area contributed by atoms with E-state index in [-0.39, 0.29) is 0 Å². The fourth-order valence-electron chi connectivity index (χ4n) is 1.67. The second-order valence-electron chi connectivity index (χ2n) is 3.67. The van der Waals surface area contributed by atoms with Crippen LogP contribution in [0.4, 0.5) is 5.95 Å². The number of aromatic amines is 1. The Labute approximate surface area is 98.0 Å². The van der Waals surface area contributed by atoms with Gasteiger partial charge in [0.1, 0.15) is 19.5 Å². The Morgan fingerprint density at radius 3 is 2.94 bits per heavy atom. The number of nitrogens with zero attached hydrogens (tertiary/aromatic N) is 2. The van der Waals surface area contributed by atoms with Gasteiger partial charge in [-0.2, -0.15) is 5.10 Å². The molecule has 1 aromatic heterocycles. The van der Waals surface area contributed by atoms with Crippen LogP contribution in [0.25, 0.3) is 0 Å². The third kappa shape index (κ3) is 2.15. The third-order valence-electron chi connectivity index (χ3n) is 2.48. The van der Waals surface area contributed by atoms with Crippen molar-refractivity contribution in [1.29, 1.82) is 0 Å². The monoisotopic (exact) mass is 232 g/mol. The van der Waals surface area contributed by atoms with E-state index in [4.69, 9.17) is 9.47 Å². The fourth-order valence-corrected chi connectivity index (χ4v) is 1.67. The van der Waals surface area contributed by atoms with Gasteiger partial charge < -0.3 is 14.8 Å². The number of H-pyrrole nitrogens is 1. The molecule has 3 rings (SSSR count). The number of nitrogens with one attached hydrogen (secondary N) is 2. The molecule has 6 heteroatoms. The van der Waals surface area contributed by atoms with E-state index < -0.39 is 0 Å². The Bertz CT molecular complexity index is 498. The highest BCUT2D eigenvalue weighted by Crippen LogP contribution is 2.30. The van der Waals surface area contributed by atoms with E-state index in [2.05, 4.69) is 20.5 Å². The molecule has 0 unspecified atom stereocenters. The summed E-state index contributed by atoms with van der Waals surface area (Å²) in [6, 6.07) is 5.89. The van der Waals surface area contributed by atoms with E-state index in [0.29, 0.717) is 25.7 Å². The molecule has 0 saturated carbocycles. The minimum absolute atomic E-state index is 0.603. The topological polar surface area (TPSA) is 72.1 Å². The number of rotatable bonds is 3. The summed E-state index contributed by atoms with van der Waals surface area (Å²) in [6.45, 7) is 1.88. The van der Waals surface area contributed by atoms with Gasteiger partial charge >= 0.3 is 0 Å². The summed E-state index contributed by atoms with van der Waals surface area (Å²) in [5.41, 5.74) is 1.10. The van der Waals surface area contributed by atoms with Gasteiger partial charge in [0.2, 0.25) is 5.95 Å². The summed E-state index contributed by atoms with van der Waals surface area (Å²) in [4.78, 5) is 3.99. The van der Waals surface area contributed by atoms with Gasteiger partial charge in [-0.15, -0.1) is 0 Å². The summed E-state index contributed by atoms with van der Waals surface area (Å²) in [5.74, 6) is 2.26. The van der Waals surface area contributed by atoms with Gasteiger partial charge in [0.25, 0.3) is 0 Å². The molecule has 0 radical (unpaired) electrons. The number of hydrogen-bond donors (Lipinski definition) is 2. The van der Waals surface area contributed by atoms with Gasteiger partial charge in [-0.05, 0) is 17.7 Å². The van der Waals surface area contributed by atoms with Gasteiger partial charge in [0, 0.05) is 6.54 Å². The van der Waals surface area contributed by atoms with Crippen LogP contribution in [0.5, 0.6) is 11.5 Å². The molecule has 2 heterocycles. The van der Waals surface area contributed by atoms with Crippen LogP contribution in [0.1, 0.15) is 5.56 Å². The van der Waals surface area contributed by atoms with Crippen molar-refractivity contribution in [3.63, 3.8) is 0 Å². The highest BCUT2D eigenvalue weighted by atomic mass is 16.6. The maximum absolute atomic E-state index is 5.51. The first kappa shape index (κ1) is 9.95. The average molecular weight is 232 g/mol. The lowest BCUT2D eigenvalue weighted by Gasteiger charge is -2.18. The molecular weight excluding hydrogens is 220 g/mol. The van der Waals surface area contributed by atoms with Gasteiger partial charge in [0.15, 0.2) is 11.5 Å². The molecule has 88 valence electrons. The van der Waals surface area contributed by atoms with Crippen molar-refractivity contribution in [1.82, 2.24) is 15.2 Å². The molecule has 17 heavy (non-hydrogen) atoms. The van der Waals surface area contributed by atoms with Crippen molar-refractivity contribution in [2.45, 2.75) is 6.54 Å². The number of hydrogen-bond acceptors (Lipinski definition) is 5. The molecule has 2 N–H and O–H groups in total. The lowest BCUT2D eigenvalue weighted by atomic mass is 10.2. The predicted octanol–water partition coefficient (Wildman–Crippen LogP) is 1.19. The molecule has 1 aliphatic heterocycles. The normalized spacial score (nSPS) is 13.4. The summed E-state index contributed by atoms with van der Waals surface area (Å²) < 4.78 is 11.0. The summed E-state index contributed by atoms with van der Waals surface area (Å²) in [5, 5.41) is 9.63. The zero-order valence-electron chi connectivity index (χ0n) is 9.14. The first-order chi connectivity index (χ1) is 8.42. The molecule has 2 aromatic rings. The van der Waals surface area contributed by atoms with Gasteiger partial charge in [-0.3, -0.25) is 0 Å². The number of ether oxygens (including phenoxy) is 2. The molecule has 0 spiro atoms. The van der Waals surface area contributed by atoms with Crippen molar-refractivity contribution < 1.29 is 9.47 Å². The summed E-state index contributed by atoms with van der Waals surface area (Å²) in [7, 11) is 0. The molecule has 0 saturated heterocycles. The Hall–Kier alpha value is -2.24. The standard InChI is InChI=1S/C11H12N4O2/c1-2-9-10(17-4-3-16-9)5-8(1)6-12-11-13-7-14-15-11/h1-2,5,7H,3-4,6H2,(H2,12,13,14,15). The smallest absolute Gasteiger partial charge is 0.218 e. The Morgan fingerprint density at radius 2 is 2.12 bits per heavy atom. The molecule has 6 nitrogen and oxygen atoms in total. The van der Waals surface area contributed by atoms with Crippen LogP contribution >= 0.6 is 0 Å². The maximum atomic E-state index is 5.51. The zero-order chi connectivity index (χ0) is 11.5. The molecule has 0 fully saturated rings. The minimum Gasteiger partial charge on any atom is -0.486 e. The SMILES string of the molecule is c1n[nH]c(NCc2ccc3c(c2)OCCO3)n1. The van der Waals surface area contributed by atoms with Crippen LogP contribution in [-0.2, 0) is 6.54 Å². The lowest BCUT2D eigenvalue weighted by molar-refractivity contribution is 0.171. The number of benzene rings is 1. The van der Waals surface area contributed by atoms with Gasteiger partial charge in [-0.1, -0.05) is 6.07 Å². The Morgan fingerprint density at radius 1 is 1.24 bits per heavy atom. The van der Waals surface area contributed by atoms with Crippen LogP contribution in [0.3, 0.4) is 0 Å². The van der Waals surface area contributed by atoms with Crippen molar-refractivity contribution in [2.24, 2.45) is 0 Å². The number of anilines is 1. The molecule has 0 atom stereocenters. The average Bonchev–Trinajstić information content (AvgIpc) is 2.89. The van der Waals surface area contributed by atoms with E-state index in [0.717, 1.165) is 17.1 Å². The van der Waals surface area contributed by atoms with E-state index in [1.165, 1.54) is 6.33 Å². The van der Waals surface area contributed by atoms with Crippen molar-refractivity contribution in [2.75, 3.05) is 18.5 Å². The zero-order valence-corrected chi connectivity index (χ0v) is 9.14. The summed E-state index contributed by atoms with van der Waals surface area (Å²) in [6.07, 6.45) is 1.46. The second-order valence-corrected chi connectivity index (χ2v) is 3.67. The van der Waals surface area contributed by atoms with Crippen LogP contribution < -0.4 is 14.8 Å². The van der Waals surface area contributed by atoms with Crippen LogP contribution in [-0.4, -0.2) is 28.4 Å². The molecule has 0 amide bonds. The largest absolute Gasteiger partial charge is 0.486 e. The molecule has 1 aliphatic rings. The van der Waals surface area contributed by atoms with Crippen molar-refractivity contribution in [3.8, 4) is 11.5 Å². The quantitative estimate of drug-likeness (QED) is 0.831. The highest BCUT2D eigenvalue weighted by molar-refractivity contribution is 5.44. The molecule has 0 aliphatic carbocycles. The minimum atomic E-state index is 0.603. The third-order valence-corrected chi connectivity index (χ3v) is 2.48. The van der Waals surface area contributed by atoms with Crippen LogP contribution in [0.2, 0.25) is 0 Å². The van der Waals surface area contributed by atoms with Gasteiger partial charge in [-0.25, -0.2) is 10.1 Å². The van der Waals surface area contributed by atoms with Crippen LogP contribution in [0, 0.1) is 0 Å². The summed E-state index contributed by atoms with van der Waals surface area (Å²) >= 11 is 0.